The van der Waals surface area contributed by atoms with Gasteiger partial charge in [-0.05, 0) is 63.2 Å². The van der Waals surface area contributed by atoms with Crippen molar-refractivity contribution in [1.82, 2.24) is 0 Å². The van der Waals surface area contributed by atoms with Gasteiger partial charge in [-0.1, -0.05) is 11.6 Å². The first-order chi connectivity index (χ1) is 7.21. The molecule has 4 rings (SSSR count). The maximum atomic E-state index is 5.96. The van der Waals surface area contributed by atoms with Crippen LogP contribution in [0.15, 0.2) is 11.6 Å². The molecule has 82 valence electrons. The molecule has 2 bridgehead atoms. The summed E-state index contributed by atoms with van der Waals surface area (Å²) in [4.78, 5) is 0. The highest BCUT2D eigenvalue weighted by atomic mass is 16.6. The Morgan fingerprint density at radius 3 is 2.93 bits per heavy atom. The maximum Gasteiger partial charge on any atom is 0.0979 e. The fraction of sp³-hybridized carbons (Fsp3) is 0.857. The Balaban J connectivity index is 1.68. The Labute approximate surface area is 91.9 Å². The number of hydrogen-bond acceptors (Lipinski definition) is 1. The van der Waals surface area contributed by atoms with Crippen molar-refractivity contribution in [2.75, 3.05) is 0 Å². The summed E-state index contributed by atoms with van der Waals surface area (Å²) in [5, 5.41) is 0. The summed E-state index contributed by atoms with van der Waals surface area (Å²) in [7, 11) is 0. The van der Waals surface area contributed by atoms with Crippen LogP contribution in [0.3, 0.4) is 0 Å². The molecule has 0 unspecified atom stereocenters. The number of rotatable bonds is 0. The first kappa shape index (κ1) is 8.81. The molecule has 2 saturated carbocycles. The minimum atomic E-state index is 0.365. The summed E-state index contributed by atoms with van der Waals surface area (Å²) in [5.74, 6) is 3.89. The molecule has 1 aliphatic heterocycles. The zero-order chi connectivity index (χ0) is 10.2. The summed E-state index contributed by atoms with van der Waals surface area (Å²) >= 11 is 0. The van der Waals surface area contributed by atoms with Crippen molar-refractivity contribution in [2.24, 2.45) is 23.7 Å². The van der Waals surface area contributed by atoms with E-state index in [9.17, 15) is 0 Å². The molecule has 6 atom stereocenters. The molecule has 0 aromatic heterocycles. The van der Waals surface area contributed by atoms with Gasteiger partial charge in [0.25, 0.3) is 0 Å². The third-order valence-corrected chi connectivity index (χ3v) is 5.76. The first-order valence-electron chi connectivity index (χ1n) is 6.54. The van der Waals surface area contributed by atoms with Gasteiger partial charge in [0, 0.05) is 0 Å². The molecule has 1 saturated heterocycles. The number of hydrogen-bond donors (Lipinski definition) is 0. The predicted molar refractivity (Wildman–Crippen MR) is 59.5 cm³/mol. The molecule has 0 radical (unpaired) electrons. The lowest BCUT2D eigenvalue weighted by Gasteiger charge is -2.37. The van der Waals surface area contributed by atoms with Crippen LogP contribution in [0.1, 0.15) is 39.5 Å². The average molecular weight is 204 g/mol. The van der Waals surface area contributed by atoms with Gasteiger partial charge < -0.3 is 4.74 Å². The van der Waals surface area contributed by atoms with Crippen LogP contribution >= 0.6 is 0 Å². The third-order valence-electron chi connectivity index (χ3n) is 5.76. The monoisotopic (exact) mass is 204 g/mol. The second kappa shape index (κ2) is 2.51. The zero-order valence-electron chi connectivity index (χ0n) is 9.70. The normalized spacial score (nSPS) is 60.7. The van der Waals surface area contributed by atoms with Crippen molar-refractivity contribution in [1.29, 1.82) is 0 Å². The van der Waals surface area contributed by atoms with E-state index >= 15 is 0 Å². The van der Waals surface area contributed by atoms with E-state index in [1.165, 1.54) is 25.7 Å². The maximum absolute atomic E-state index is 5.96. The smallest absolute Gasteiger partial charge is 0.0979 e. The molecule has 4 aliphatic rings. The van der Waals surface area contributed by atoms with Crippen LogP contribution < -0.4 is 0 Å². The molecule has 0 aromatic rings. The topological polar surface area (TPSA) is 12.5 Å². The summed E-state index contributed by atoms with van der Waals surface area (Å²) < 4.78 is 5.96. The van der Waals surface area contributed by atoms with Gasteiger partial charge in [0.2, 0.25) is 0 Å². The molecule has 1 spiro atoms. The Kier molecular flexibility index (Phi) is 1.47. The van der Waals surface area contributed by atoms with Gasteiger partial charge in [-0.2, -0.15) is 0 Å². The molecule has 0 N–H and O–H groups in total. The van der Waals surface area contributed by atoms with Crippen molar-refractivity contribution in [3.63, 3.8) is 0 Å². The van der Waals surface area contributed by atoms with Gasteiger partial charge in [-0.25, -0.2) is 0 Å². The van der Waals surface area contributed by atoms with Crippen molar-refractivity contribution in [3.8, 4) is 0 Å². The molecule has 3 aliphatic carbocycles. The number of allylic oxidation sites excluding steroid dienone is 2. The Bertz CT molecular complexity index is 345. The van der Waals surface area contributed by atoms with E-state index in [0.717, 1.165) is 23.7 Å². The quantitative estimate of drug-likeness (QED) is 0.436. The molecule has 1 heterocycles. The summed E-state index contributed by atoms with van der Waals surface area (Å²) in [5.41, 5.74) is 2.00. The van der Waals surface area contributed by atoms with Crippen LogP contribution in [0.4, 0.5) is 0 Å². The van der Waals surface area contributed by atoms with Crippen molar-refractivity contribution in [3.05, 3.63) is 11.6 Å². The molecule has 3 fully saturated rings. The van der Waals surface area contributed by atoms with Crippen molar-refractivity contribution >= 4 is 0 Å². The van der Waals surface area contributed by atoms with Crippen LogP contribution in [0.5, 0.6) is 0 Å². The van der Waals surface area contributed by atoms with E-state index < -0.39 is 0 Å². The number of fused-ring (bicyclic) bond motifs is 6. The highest BCUT2D eigenvalue weighted by Crippen LogP contribution is 2.68. The SMILES string of the molecule is CC1=CC[C@H]2[C@H]3C[C@H]([C@@H]2C1)[C@@]1(C3)O[C@H]1C. The lowest BCUT2D eigenvalue weighted by atomic mass is 9.67. The van der Waals surface area contributed by atoms with E-state index in [1.54, 1.807) is 5.57 Å². The largest absolute Gasteiger partial charge is 0.366 e. The first-order valence-corrected chi connectivity index (χ1v) is 6.54. The van der Waals surface area contributed by atoms with E-state index in [0.29, 0.717) is 11.7 Å². The van der Waals surface area contributed by atoms with Crippen molar-refractivity contribution < 1.29 is 4.74 Å². The number of ether oxygens (including phenoxy) is 1. The van der Waals surface area contributed by atoms with E-state index in [-0.39, 0.29) is 0 Å². The van der Waals surface area contributed by atoms with Crippen LogP contribution in [0.25, 0.3) is 0 Å². The molecule has 0 aromatic carbocycles. The van der Waals surface area contributed by atoms with Gasteiger partial charge in [0.1, 0.15) is 0 Å². The molecular weight excluding hydrogens is 184 g/mol. The predicted octanol–water partition coefficient (Wildman–Crippen LogP) is 3.16. The molecule has 0 amide bonds. The second-order valence-corrected chi connectivity index (χ2v) is 6.34. The van der Waals surface area contributed by atoms with Gasteiger partial charge in [0.05, 0.1) is 11.7 Å². The highest BCUT2D eigenvalue weighted by Gasteiger charge is 2.70. The Hall–Kier alpha value is -0.300. The van der Waals surface area contributed by atoms with Gasteiger partial charge in [-0.15, -0.1) is 0 Å². The molecular formula is C14H20O. The van der Waals surface area contributed by atoms with Crippen molar-refractivity contribution in [2.45, 2.75) is 51.2 Å². The van der Waals surface area contributed by atoms with E-state index in [2.05, 4.69) is 19.9 Å². The average Bonchev–Trinajstić information content (AvgIpc) is 2.61. The van der Waals surface area contributed by atoms with Gasteiger partial charge >= 0.3 is 0 Å². The lowest BCUT2D eigenvalue weighted by molar-refractivity contribution is 0.114. The van der Waals surface area contributed by atoms with Gasteiger partial charge in [-0.3, -0.25) is 0 Å². The van der Waals surface area contributed by atoms with E-state index in [1.807, 2.05) is 0 Å². The van der Waals surface area contributed by atoms with Crippen LogP contribution in [-0.4, -0.2) is 11.7 Å². The minimum Gasteiger partial charge on any atom is -0.366 e. The summed E-state index contributed by atoms with van der Waals surface area (Å²) in [6.45, 7) is 4.59. The number of epoxide rings is 1. The Morgan fingerprint density at radius 2 is 2.20 bits per heavy atom. The van der Waals surface area contributed by atoms with Crippen LogP contribution in [-0.2, 0) is 4.74 Å². The third kappa shape index (κ3) is 0.939. The van der Waals surface area contributed by atoms with Gasteiger partial charge in [0.15, 0.2) is 0 Å². The van der Waals surface area contributed by atoms with E-state index in [4.69, 9.17) is 4.74 Å². The molecule has 1 heteroatoms. The fourth-order valence-electron chi connectivity index (χ4n) is 5.03. The van der Waals surface area contributed by atoms with Crippen LogP contribution in [0, 0.1) is 23.7 Å². The highest BCUT2D eigenvalue weighted by molar-refractivity contribution is 5.22. The second-order valence-electron chi connectivity index (χ2n) is 6.34. The fourth-order valence-corrected chi connectivity index (χ4v) is 5.03. The van der Waals surface area contributed by atoms with Crippen LogP contribution in [0.2, 0.25) is 0 Å². The summed E-state index contributed by atoms with van der Waals surface area (Å²) in [6, 6.07) is 0. The molecule has 15 heavy (non-hydrogen) atoms. The Morgan fingerprint density at radius 1 is 1.40 bits per heavy atom. The standard InChI is InChI=1S/C14H20O/c1-8-3-4-11-10-6-13(12(11)5-8)14(7-10)9(2)15-14/h3,9-13H,4-7H2,1-2H3/t9-,10-,11-,12+,13+,14-/m0/s1. The summed E-state index contributed by atoms with van der Waals surface area (Å²) in [6.07, 6.45) is 8.64. The molecule has 1 nitrogen and oxygen atoms in total. The zero-order valence-corrected chi connectivity index (χ0v) is 9.70. The minimum absolute atomic E-state index is 0.365. The lowest BCUT2D eigenvalue weighted by Crippen LogP contribution is -2.36.